The van der Waals surface area contributed by atoms with Crippen LogP contribution in [0.1, 0.15) is 23.0 Å². The zero-order valence-electron chi connectivity index (χ0n) is 7.78. The molecule has 1 saturated heterocycles. The highest BCUT2D eigenvalue weighted by Crippen LogP contribution is 2.23. The smallest absolute Gasteiger partial charge is 0.134 e. The fourth-order valence-corrected chi connectivity index (χ4v) is 2.62. The Kier molecular flexibility index (Phi) is 2.86. The van der Waals surface area contributed by atoms with Crippen LogP contribution in [0.25, 0.3) is 0 Å². The second-order valence-corrected chi connectivity index (χ2v) is 5.57. The van der Waals surface area contributed by atoms with E-state index in [9.17, 15) is 0 Å². The van der Waals surface area contributed by atoms with Gasteiger partial charge in [-0.3, -0.25) is 0 Å². The van der Waals surface area contributed by atoms with Gasteiger partial charge in [-0.05, 0) is 13.8 Å². The summed E-state index contributed by atoms with van der Waals surface area (Å²) in [6.07, 6.45) is 0. The first kappa shape index (κ1) is 9.43. The average Bonchev–Trinajstić information content (AvgIpc) is 2.44. The van der Waals surface area contributed by atoms with Crippen LogP contribution in [-0.2, 0) is 0 Å². The van der Waals surface area contributed by atoms with Crippen LogP contribution in [0.2, 0.25) is 0 Å². The first-order valence-corrected chi connectivity index (χ1v) is 6.36. The molecule has 1 fully saturated rings. The van der Waals surface area contributed by atoms with Gasteiger partial charge >= 0.3 is 0 Å². The van der Waals surface area contributed by atoms with Crippen LogP contribution in [-0.4, -0.2) is 27.7 Å². The molecule has 1 aliphatic rings. The van der Waals surface area contributed by atoms with E-state index in [1.54, 1.807) is 11.3 Å². The molecule has 1 atom stereocenters. The van der Waals surface area contributed by atoms with Crippen LogP contribution in [0, 0.1) is 6.92 Å². The van der Waals surface area contributed by atoms with Crippen molar-refractivity contribution in [1.82, 2.24) is 15.5 Å². The van der Waals surface area contributed by atoms with Gasteiger partial charge in [-0.25, -0.2) is 0 Å². The van der Waals surface area contributed by atoms with Crippen LogP contribution in [0.4, 0.5) is 0 Å². The number of hydrogen-bond donors (Lipinski definition) is 1. The van der Waals surface area contributed by atoms with E-state index in [4.69, 9.17) is 0 Å². The predicted molar refractivity (Wildman–Crippen MR) is 57.3 cm³/mol. The van der Waals surface area contributed by atoms with Gasteiger partial charge in [-0.15, -0.1) is 21.5 Å². The third-order valence-electron chi connectivity index (χ3n) is 2.04. The number of thioether (sulfide) groups is 1. The Balaban J connectivity index is 1.92. The van der Waals surface area contributed by atoms with Crippen molar-refractivity contribution >= 4 is 23.1 Å². The zero-order valence-corrected chi connectivity index (χ0v) is 9.41. The van der Waals surface area contributed by atoms with Crippen LogP contribution in [0.5, 0.6) is 0 Å². The highest BCUT2D eigenvalue weighted by molar-refractivity contribution is 8.00. The lowest BCUT2D eigenvalue weighted by molar-refractivity contribution is 0.498. The van der Waals surface area contributed by atoms with E-state index in [-0.39, 0.29) is 0 Å². The average molecular weight is 215 g/mol. The molecule has 13 heavy (non-hydrogen) atoms. The minimum Gasteiger partial charge on any atom is -0.304 e. The number of nitrogens with one attached hydrogen (secondary N) is 1. The zero-order chi connectivity index (χ0) is 9.26. The van der Waals surface area contributed by atoms with Gasteiger partial charge in [0, 0.05) is 17.5 Å². The SMILES string of the molecule is Cc1nnc(C(C)NC2CSC2)s1. The summed E-state index contributed by atoms with van der Waals surface area (Å²) in [7, 11) is 0. The summed E-state index contributed by atoms with van der Waals surface area (Å²) in [4.78, 5) is 0. The van der Waals surface area contributed by atoms with E-state index in [1.165, 1.54) is 11.5 Å². The van der Waals surface area contributed by atoms with Gasteiger partial charge in [0.25, 0.3) is 0 Å². The highest BCUT2D eigenvalue weighted by Gasteiger charge is 2.21. The monoisotopic (exact) mass is 215 g/mol. The molecule has 3 nitrogen and oxygen atoms in total. The molecule has 72 valence electrons. The van der Waals surface area contributed by atoms with E-state index in [0.29, 0.717) is 12.1 Å². The summed E-state index contributed by atoms with van der Waals surface area (Å²) in [6.45, 7) is 4.15. The second-order valence-electron chi connectivity index (χ2n) is 3.28. The quantitative estimate of drug-likeness (QED) is 0.831. The highest BCUT2D eigenvalue weighted by atomic mass is 32.2. The molecule has 1 aromatic heterocycles. The van der Waals surface area contributed by atoms with Gasteiger partial charge in [0.05, 0.1) is 6.04 Å². The van der Waals surface area contributed by atoms with Gasteiger partial charge in [0.2, 0.25) is 0 Å². The first-order chi connectivity index (χ1) is 6.25. The van der Waals surface area contributed by atoms with E-state index in [1.807, 2.05) is 18.7 Å². The molecule has 2 heterocycles. The largest absolute Gasteiger partial charge is 0.304 e. The third-order valence-corrected chi connectivity index (χ3v) is 4.33. The van der Waals surface area contributed by atoms with Gasteiger partial charge in [0.1, 0.15) is 10.0 Å². The molecule has 0 bridgehead atoms. The summed E-state index contributed by atoms with van der Waals surface area (Å²) >= 11 is 3.67. The van der Waals surface area contributed by atoms with E-state index in [0.717, 1.165) is 10.0 Å². The molecule has 1 N–H and O–H groups in total. The molecule has 0 radical (unpaired) electrons. The second kappa shape index (κ2) is 3.94. The number of hydrogen-bond acceptors (Lipinski definition) is 5. The number of aryl methyl sites for hydroxylation is 1. The van der Waals surface area contributed by atoms with Crippen molar-refractivity contribution in [2.75, 3.05) is 11.5 Å². The molecular weight excluding hydrogens is 202 g/mol. The minimum absolute atomic E-state index is 0.358. The summed E-state index contributed by atoms with van der Waals surface area (Å²) in [6, 6.07) is 1.04. The van der Waals surface area contributed by atoms with Gasteiger partial charge in [0.15, 0.2) is 0 Å². The molecule has 1 aliphatic heterocycles. The Morgan fingerprint density at radius 1 is 1.46 bits per heavy atom. The van der Waals surface area contributed by atoms with Crippen molar-refractivity contribution in [3.05, 3.63) is 10.0 Å². The molecule has 1 aromatic rings. The van der Waals surface area contributed by atoms with Crippen LogP contribution in [0.15, 0.2) is 0 Å². The lowest BCUT2D eigenvalue weighted by Crippen LogP contribution is -2.41. The predicted octanol–water partition coefficient (Wildman–Crippen LogP) is 1.61. The maximum atomic E-state index is 4.13. The molecule has 0 aliphatic carbocycles. The van der Waals surface area contributed by atoms with Crippen molar-refractivity contribution in [2.24, 2.45) is 0 Å². The maximum Gasteiger partial charge on any atom is 0.134 e. The maximum absolute atomic E-state index is 4.13. The minimum atomic E-state index is 0.358. The topological polar surface area (TPSA) is 37.8 Å². The number of rotatable bonds is 3. The molecule has 5 heteroatoms. The molecule has 2 rings (SSSR count). The van der Waals surface area contributed by atoms with Gasteiger partial charge in [-0.2, -0.15) is 11.8 Å². The van der Waals surface area contributed by atoms with E-state index >= 15 is 0 Å². The van der Waals surface area contributed by atoms with Crippen molar-refractivity contribution in [3.63, 3.8) is 0 Å². The molecule has 0 amide bonds. The Morgan fingerprint density at radius 3 is 2.69 bits per heavy atom. The summed E-state index contributed by atoms with van der Waals surface area (Å²) in [5.41, 5.74) is 0. The summed E-state index contributed by atoms with van der Waals surface area (Å²) in [5, 5.41) is 13.8. The normalized spacial score (nSPS) is 19.8. The van der Waals surface area contributed by atoms with Gasteiger partial charge < -0.3 is 5.32 Å². The van der Waals surface area contributed by atoms with Crippen molar-refractivity contribution in [2.45, 2.75) is 25.9 Å². The number of nitrogens with zero attached hydrogens (tertiary/aromatic N) is 2. The van der Waals surface area contributed by atoms with E-state index < -0.39 is 0 Å². The Bertz CT molecular complexity index is 283. The van der Waals surface area contributed by atoms with Crippen LogP contribution >= 0.6 is 23.1 Å². The van der Waals surface area contributed by atoms with Crippen LogP contribution in [0.3, 0.4) is 0 Å². The lowest BCUT2D eigenvalue weighted by Gasteiger charge is -2.28. The van der Waals surface area contributed by atoms with Gasteiger partial charge in [-0.1, -0.05) is 0 Å². The molecule has 0 saturated carbocycles. The molecular formula is C8H13N3S2. The molecule has 0 spiro atoms. The van der Waals surface area contributed by atoms with Crippen molar-refractivity contribution < 1.29 is 0 Å². The first-order valence-electron chi connectivity index (χ1n) is 4.39. The Morgan fingerprint density at radius 2 is 2.23 bits per heavy atom. The lowest BCUT2D eigenvalue weighted by atomic mass is 10.3. The standard InChI is InChI=1S/C8H13N3S2/c1-5(9-7-3-12-4-7)8-11-10-6(2)13-8/h5,7,9H,3-4H2,1-2H3. The summed E-state index contributed by atoms with van der Waals surface area (Å²) < 4.78 is 0. The van der Waals surface area contributed by atoms with Crippen LogP contribution < -0.4 is 5.32 Å². The Hall–Kier alpha value is -0.130. The third kappa shape index (κ3) is 2.21. The summed E-state index contributed by atoms with van der Waals surface area (Å²) in [5.74, 6) is 2.48. The molecule has 1 unspecified atom stereocenters. The number of aromatic nitrogens is 2. The van der Waals surface area contributed by atoms with Crippen molar-refractivity contribution in [1.29, 1.82) is 0 Å². The Labute approximate surface area is 86.3 Å². The molecule has 0 aromatic carbocycles. The van der Waals surface area contributed by atoms with Crippen molar-refractivity contribution in [3.8, 4) is 0 Å². The fraction of sp³-hybridized carbons (Fsp3) is 0.750. The van der Waals surface area contributed by atoms with E-state index in [2.05, 4.69) is 22.4 Å². The fourth-order valence-electron chi connectivity index (χ4n) is 1.24.